The zero-order chi connectivity index (χ0) is 15.0. The molecule has 0 radical (unpaired) electrons. The number of rotatable bonds is 3. The van der Waals surface area contributed by atoms with Crippen LogP contribution in [0.2, 0.25) is 0 Å². The minimum absolute atomic E-state index is 0.0901. The zero-order valence-corrected chi connectivity index (χ0v) is 11.1. The Labute approximate surface area is 120 Å². The molecule has 3 heterocycles. The first kappa shape index (κ1) is 13.8. The number of nitrogen functional groups attached to an aromatic ring is 1. The fraction of sp³-hybridized carbons (Fsp3) is 0.455. The molecule has 1 saturated heterocycles. The molecule has 1 aliphatic heterocycles. The number of hydrogen-bond acceptors (Lipinski definition) is 7. The number of aliphatic hydroxyl groups excluding tert-OH is 2. The van der Waals surface area contributed by atoms with E-state index >= 15 is 0 Å². The largest absolute Gasteiger partial charge is 0.441 e. The molecule has 1 fully saturated rings. The molecule has 0 unspecified atom stereocenters. The molecule has 3 atom stereocenters. The molecular weight excluding hydrogens is 275 g/mol. The van der Waals surface area contributed by atoms with Gasteiger partial charge in [0.2, 0.25) is 17.8 Å². The molecule has 4 N–H and O–H groups in total. The van der Waals surface area contributed by atoms with E-state index in [0.717, 1.165) is 0 Å². The van der Waals surface area contributed by atoms with E-state index < -0.39 is 18.4 Å². The van der Waals surface area contributed by atoms with E-state index in [4.69, 9.17) is 20.8 Å². The highest BCUT2D eigenvalue weighted by Crippen LogP contribution is 2.30. The summed E-state index contributed by atoms with van der Waals surface area (Å²) in [7, 11) is 0.0901. The van der Waals surface area contributed by atoms with Crippen molar-refractivity contribution in [3.63, 3.8) is 0 Å². The number of ether oxygens (including phenoxy) is 1. The van der Waals surface area contributed by atoms with Gasteiger partial charge in [-0.25, -0.2) is 10.2 Å². The first-order valence-corrected chi connectivity index (χ1v) is 6.47. The summed E-state index contributed by atoms with van der Waals surface area (Å²) in [4.78, 5) is 8.45. The van der Waals surface area contributed by atoms with Crippen LogP contribution in [0.1, 0.15) is 12.6 Å². The van der Waals surface area contributed by atoms with Crippen LogP contribution in [0.3, 0.4) is 0 Å². The molecular formula is C11H14BN6O3+. The van der Waals surface area contributed by atoms with Crippen molar-refractivity contribution in [3.05, 3.63) is 12.7 Å². The summed E-state index contributed by atoms with van der Waals surface area (Å²) < 4.78 is 8.74. The standard InChI is InChI=1S/C11H13BN6O3/c13-3-12-18-5-16-11-9(10(18)14)15-4-17(11)8-1-6(20)7(2-19)21-8/h4-8,12,14,19-20H,1-2H2/p+1/t6-,7+,8+/m0/s1. The van der Waals surface area contributed by atoms with Crippen molar-refractivity contribution in [1.82, 2.24) is 14.5 Å². The monoisotopic (exact) mass is 289 g/mol. The Kier molecular flexibility index (Phi) is 3.46. The van der Waals surface area contributed by atoms with E-state index in [1.54, 1.807) is 4.57 Å². The predicted octanol–water partition coefficient (Wildman–Crippen LogP) is -2.38. The Hall–Kier alpha value is -2.22. The normalized spacial score (nSPS) is 25.1. The number of imidazole rings is 1. The summed E-state index contributed by atoms with van der Waals surface area (Å²) in [5.41, 5.74) is 6.95. The van der Waals surface area contributed by atoms with Crippen LogP contribution in [0.4, 0.5) is 5.82 Å². The van der Waals surface area contributed by atoms with E-state index in [2.05, 4.69) is 9.97 Å². The van der Waals surface area contributed by atoms with Gasteiger partial charge in [0.1, 0.15) is 18.7 Å². The lowest BCUT2D eigenvalue weighted by molar-refractivity contribution is -0.513. The van der Waals surface area contributed by atoms with E-state index in [9.17, 15) is 5.11 Å². The summed E-state index contributed by atoms with van der Waals surface area (Å²) in [6, 6.07) is 0. The number of anilines is 1. The van der Waals surface area contributed by atoms with Crippen molar-refractivity contribution < 1.29 is 19.4 Å². The van der Waals surface area contributed by atoms with Gasteiger partial charge in [-0.15, -0.1) is 0 Å². The van der Waals surface area contributed by atoms with Gasteiger partial charge in [-0.1, -0.05) is 4.98 Å². The molecule has 0 spiro atoms. The Balaban J connectivity index is 1.99. The van der Waals surface area contributed by atoms with Crippen LogP contribution in [-0.4, -0.2) is 51.0 Å². The number of hydrogen-bond donors (Lipinski definition) is 3. The molecule has 0 aromatic carbocycles. The van der Waals surface area contributed by atoms with E-state index in [0.29, 0.717) is 23.4 Å². The maximum atomic E-state index is 9.79. The SMILES string of the molecule is N#CB[n+]1cnc2c(ncn2[C@H]2C[C@H](O)[C@@H](CO)O2)c1N. The maximum Gasteiger partial charge on any atom is 0.441 e. The summed E-state index contributed by atoms with van der Waals surface area (Å²) in [6.07, 6.45) is 1.53. The van der Waals surface area contributed by atoms with Gasteiger partial charge in [-0.3, -0.25) is 9.05 Å². The lowest BCUT2D eigenvalue weighted by Crippen LogP contribution is -2.42. The van der Waals surface area contributed by atoms with Crippen molar-refractivity contribution in [2.24, 2.45) is 0 Å². The van der Waals surface area contributed by atoms with E-state index in [1.165, 1.54) is 17.1 Å². The third-order valence-corrected chi connectivity index (χ3v) is 3.57. The molecule has 0 aliphatic carbocycles. The van der Waals surface area contributed by atoms with Crippen LogP contribution >= 0.6 is 0 Å². The summed E-state index contributed by atoms with van der Waals surface area (Å²) in [5, 5.41) is 27.6. The number of aromatic nitrogens is 4. The van der Waals surface area contributed by atoms with Crippen LogP contribution in [0.15, 0.2) is 12.7 Å². The van der Waals surface area contributed by atoms with E-state index in [-0.39, 0.29) is 14.0 Å². The number of nitrogens with two attached hydrogens (primary N) is 1. The molecule has 2 aromatic rings. The minimum atomic E-state index is -0.734. The third kappa shape index (κ3) is 2.21. The third-order valence-electron chi connectivity index (χ3n) is 3.57. The number of nitrogens with zero attached hydrogens (tertiary/aromatic N) is 5. The van der Waals surface area contributed by atoms with Gasteiger partial charge in [-0.05, 0) is 0 Å². The Morgan fingerprint density at radius 2 is 2.43 bits per heavy atom. The minimum Gasteiger partial charge on any atom is -0.394 e. The summed E-state index contributed by atoms with van der Waals surface area (Å²) in [6.45, 7) is -0.248. The molecule has 2 aromatic heterocycles. The first-order chi connectivity index (χ1) is 10.2. The molecule has 108 valence electrons. The van der Waals surface area contributed by atoms with Crippen LogP contribution in [-0.2, 0) is 4.74 Å². The van der Waals surface area contributed by atoms with Crippen molar-refractivity contribution in [1.29, 1.82) is 5.26 Å². The molecule has 0 saturated carbocycles. The van der Waals surface area contributed by atoms with Gasteiger partial charge in [0, 0.05) is 6.42 Å². The van der Waals surface area contributed by atoms with Crippen molar-refractivity contribution >= 4 is 24.4 Å². The molecule has 9 nitrogen and oxygen atoms in total. The maximum absolute atomic E-state index is 9.79. The molecule has 10 heteroatoms. The van der Waals surface area contributed by atoms with E-state index in [1.807, 2.05) is 5.97 Å². The van der Waals surface area contributed by atoms with Crippen LogP contribution in [0.5, 0.6) is 0 Å². The number of fused-ring (bicyclic) bond motifs is 1. The molecule has 0 bridgehead atoms. The lowest BCUT2D eigenvalue weighted by Gasteiger charge is -2.12. The molecule has 21 heavy (non-hydrogen) atoms. The molecule has 3 rings (SSSR count). The van der Waals surface area contributed by atoms with Gasteiger partial charge >= 0.3 is 7.41 Å². The van der Waals surface area contributed by atoms with Crippen LogP contribution in [0, 0.1) is 11.2 Å². The van der Waals surface area contributed by atoms with Gasteiger partial charge in [0.15, 0.2) is 5.52 Å². The summed E-state index contributed by atoms with van der Waals surface area (Å²) >= 11 is 0. The lowest BCUT2D eigenvalue weighted by atomic mass is 9.98. The van der Waals surface area contributed by atoms with Crippen LogP contribution in [0.25, 0.3) is 11.2 Å². The quantitative estimate of drug-likeness (QED) is 0.537. The van der Waals surface area contributed by atoms with Crippen molar-refractivity contribution in [2.45, 2.75) is 24.9 Å². The second-order valence-corrected chi connectivity index (χ2v) is 4.85. The number of aliphatic hydroxyl groups is 2. The first-order valence-electron chi connectivity index (χ1n) is 6.47. The highest BCUT2D eigenvalue weighted by Gasteiger charge is 2.36. The Morgan fingerprint density at radius 3 is 3.10 bits per heavy atom. The van der Waals surface area contributed by atoms with Gasteiger partial charge in [-0.2, -0.15) is 0 Å². The average molecular weight is 289 g/mol. The van der Waals surface area contributed by atoms with Crippen molar-refractivity contribution in [3.8, 4) is 5.97 Å². The number of nitriles is 1. The zero-order valence-electron chi connectivity index (χ0n) is 11.1. The fourth-order valence-corrected chi connectivity index (χ4v) is 2.45. The smallest absolute Gasteiger partial charge is 0.394 e. The van der Waals surface area contributed by atoms with Gasteiger partial charge in [0.25, 0.3) is 0 Å². The Morgan fingerprint density at radius 1 is 1.62 bits per heavy atom. The average Bonchev–Trinajstić information content (AvgIpc) is 3.05. The molecule has 1 aliphatic rings. The second kappa shape index (κ2) is 5.29. The van der Waals surface area contributed by atoms with Gasteiger partial charge < -0.3 is 20.7 Å². The highest BCUT2D eigenvalue weighted by atomic mass is 16.5. The Bertz CT molecular complexity index is 714. The summed E-state index contributed by atoms with van der Waals surface area (Å²) in [5.74, 6) is 2.34. The van der Waals surface area contributed by atoms with Gasteiger partial charge in [0.05, 0.1) is 18.7 Å². The fourth-order valence-electron chi connectivity index (χ4n) is 2.45. The predicted molar refractivity (Wildman–Crippen MR) is 71.9 cm³/mol. The van der Waals surface area contributed by atoms with Crippen molar-refractivity contribution in [2.75, 3.05) is 12.3 Å². The highest BCUT2D eigenvalue weighted by molar-refractivity contribution is 6.35. The second-order valence-electron chi connectivity index (χ2n) is 4.85. The van der Waals surface area contributed by atoms with Crippen LogP contribution < -0.4 is 10.2 Å². The molecule has 0 amide bonds. The topological polar surface area (TPSA) is 134 Å².